The predicted molar refractivity (Wildman–Crippen MR) is 142 cm³/mol. The third-order valence-corrected chi connectivity index (χ3v) is 6.80. The van der Waals surface area contributed by atoms with Crippen LogP contribution in [0.1, 0.15) is 49.7 Å². The molecule has 0 amide bonds. The largest absolute Gasteiger partial charge is 0.490 e. The number of ether oxygens (including phenoxy) is 2. The molecule has 2 aliphatic carbocycles. The topological polar surface area (TPSA) is 74.4 Å². The van der Waals surface area contributed by atoms with Crippen LogP contribution < -0.4 is 9.47 Å². The van der Waals surface area contributed by atoms with Crippen molar-refractivity contribution in [1.29, 1.82) is 0 Å². The number of rotatable bonds is 10. The lowest BCUT2D eigenvalue weighted by atomic mass is 9.98. The highest BCUT2D eigenvalue weighted by Crippen LogP contribution is 2.48. The number of aryl methyl sites for hydroxylation is 1. The number of allylic oxidation sites excluding steroid dienone is 3. The SMILES string of the molecule is C=C(/C(=C(\N=CC)C1CC1)c1ncc(OC)c(OCc2ccc(-c3nc(C(F)(F)F)cn3C)cc2)n1)C1CC1. The number of methoxy groups -OCH3 is 1. The van der Waals surface area contributed by atoms with E-state index in [2.05, 4.69) is 21.5 Å². The molecule has 0 aliphatic heterocycles. The molecule has 2 heterocycles. The Morgan fingerprint density at radius 2 is 1.82 bits per heavy atom. The number of benzene rings is 1. The summed E-state index contributed by atoms with van der Waals surface area (Å²) in [5.41, 5.74) is 3.32. The molecule has 39 heavy (non-hydrogen) atoms. The molecule has 1 aromatic carbocycles. The Morgan fingerprint density at radius 1 is 1.13 bits per heavy atom. The molecule has 2 aromatic heterocycles. The van der Waals surface area contributed by atoms with E-state index in [9.17, 15) is 13.2 Å². The van der Waals surface area contributed by atoms with Gasteiger partial charge in [0.15, 0.2) is 17.3 Å². The van der Waals surface area contributed by atoms with Gasteiger partial charge in [-0.05, 0) is 49.7 Å². The van der Waals surface area contributed by atoms with Crippen LogP contribution in [0.5, 0.6) is 11.6 Å². The minimum atomic E-state index is -4.50. The van der Waals surface area contributed by atoms with Crippen molar-refractivity contribution in [2.24, 2.45) is 23.9 Å². The number of imidazole rings is 1. The molecule has 2 fully saturated rings. The number of halogens is 3. The average Bonchev–Trinajstić information content (AvgIpc) is 3.84. The minimum Gasteiger partial charge on any atom is -0.490 e. The molecule has 3 aromatic rings. The van der Waals surface area contributed by atoms with Gasteiger partial charge in [0.25, 0.3) is 5.88 Å². The molecular weight excluding hydrogens is 507 g/mol. The first-order valence-electron chi connectivity index (χ1n) is 12.9. The van der Waals surface area contributed by atoms with Gasteiger partial charge in [-0.3, -0.25) is 4.99 Å². The second-order valence-electron chi connectivity index (χ2n) is 9.83. The summed E-state index contributed by atoms with van der Waals surface area (Å²) in [6.45, 7) is 6.45. The zero-order valence-corrected chi connectivity index (χ0v) is 22.1. The van der Waals surface area contributed by atoms with Gasteiger partial charge < -0.3 is 14.0 Å². The predicted octanol–water partition coefficient (Wildman–Crippen LogP) is 6.66. The lowest BCUT2D eigenvalue weighted by Crippen LogP contribution is -2.06. The maximum Gasteiger partial charge on any atom is 0.434 e. The van der Waals surface area contributed by atoms with E-state index in [0.29, 0.717) is 34.9 Å². The van der Waals surface area contributed by atoms with Crippen LogP contribution in [0.3, 0.4) is 0 Å². The van der Waals surface area contributed by atoms with Crippen LogP contribution in [0, 0.1) is 11.8 Å². The zero-order valence-electron chi connectivity index (χ0n) is 22.1. The van der Waals surface area contributed by atoms with Crippen LogP contribution >= 0.6 is 0 Å². The van der Waals surface area contributed by atoms with E-state index in [-0.39, 0.29) is 12.4 Å². The Balaban J connectivity index is 1.39. The van der Waals surface area contributed by atoms with Crippen molar-refractivity contribution in [3.8, 4) is 23.0 Å². The normalized spacial score (nSPS) is 16.4. The Morgan fingerprint density at radius 3 is 2.38 bits per heavy atom. The first-order chi connectivity index (χ1) is 18.7. The molecule has 0 unspecified atom stereocenters. The number of nitrogens with zero attached hydrogens (tertiary/aromatic N) is 5. The second kappa shape index (κ2) is 10.7. The standard InChI is InChI=1S/C29H30F3N5O2/c1-5-33-25(20-12-13-20)24(17(2)19-10-11-19)26-34-14-22(38-4)28(36-26)39-16-18-6-8-21(9-7-18)27-35-23(15-37(27)3)29(30,31)32/h5-9,14-15,19-20H,2,10-13,16H2,1,3-4H3/b25-24+,33-5?. The molecule has 0 N–H and O–H groups in total. The van der Waals surface area contributed by atoms with E-state index in [4.69, 9.17) is 14.5 Å². The van der Waals surface area contributed by atoms with Crippen LogP contribution in [0.25, 0.3) is 17.0 Å². The zero-order chi connectivity index (χ0) is 27.7. The van der Waals surface area contributed by atoms with E-state index in [0.717, 1.165) is 54.3 Å². The summed E-state index contributed by atoms with van der Waals surface area (Å²) in [5, 5.41) is 0. The lowest BCUT2D eigenvalue weighted by Gasteiger charge is -2.16. The van der Waals surface area contributed by atoms with Crippen LogP contribution in [0.4, 0.5) is 13.2 Å². The minimum absolute atomic E-state index is 0.173. The fraction of sp³-hybridized carbons (Fsp3) is 0.379. The van der Waals surface area contributed by atoms with Crippen molar-refractivity contribution in [3.05, 3.63) is 71.6 Å². The quantitative estimate of drug-likeness (QED) is 0.214. The van der Waals surface area contributed by atoms with Gasteiger partial charge >= 0.3 is 6.18 Å². The summed E-state index contributed by atoms with van der Waals surface area (Å²) < 4.78 is 52.0. The molecule has 204 valence electrons. The number of hydrogen-bond donors (Lipinski definition) is 0. The van der Waals surface area contributed by atoms with Gasteiger partial charge in [0.05, 0.1) is 19.0 Å². The van der Waals surface area contributed by atoms with Gasteiger partial charge in [0.1, 0.15) is 12.4 Å². The Kier molecular flexibility index (Phi) is 7.29. The second-order valence-corrected chi connectivity index (χ2v) is 9.83. The first kappa shape index (κ1) is 26.6. The first-order valence-corrected chi connectivity index (χ1v) is 12.9. The van der Waals surface area contributed by atoms with Gasteiger partial charge in [-0.1, -0.05) is 30.8 Å². The van der Waals surface area contributed by atoms with Crippen molar-refractivity contribution < 1.29 is 22.6 Å². The third kappa shape index (κ3) is 5.89. The van der Waals surface area contributed by atoms with Gasteiger partial charge in [-0.2, -0.15) is 18.2 Å². The van der Waals surface area contributed by atoms with Gasteiger partial charge in [0, 0.05) is 36.5 Å². The van der Waals surface area contributed by atoms with Crippen molar-refractivity contribution in [3.63, 3.8) is 0 Å². The van der Waals surface area contributed by atoms with Gasteiger partial charge in [-0.25, -0.2) is 9.97 Å². The van der Waals surface area contributed by atoms with Crippen LogP contribution in [0.2, 0.25) is 0 Å². The van der Waals surface area contributed by atoms with E-state index >= 15 is 0 Å². The summed E-state index contributed by atoms with van der Waals surface area (Å²) in [6.07, 6.45) is 4.24. The molecule has 0 atom stereocenters. The molecule has 5 rings (SSSR count). The fourth-order valence-electron chi connectivity index (χ4n) is 4.42. The van der Waals surface area contributed by atoms with Crippen molar-refractivity contribution in [2.45, 2.75) is 45.4 Å². The van der Waals surface area contributed by atoms with Crippen molar-refractivity contribution >= 4 is 11.8 Å². The number of alkyl halides is 3. The fourth-order valence-corrected chi connectivity index (χ4v) is 4.42. The maximum atomic E-state index is 13.0. The van der Waals surface area contributed by atoms with E-state index in [1.54, 1.807) is 36.7 Å². The monoisotopic (exact) mass is 537 g/mol. The highest BCUT2D eigenvalue weighted by Gasteiger charge is 2.36. The smallest absolute Gasteiger partial charge is 0.434 e. The van der Waals surface area contributed by atoms with Gasteiger partial charge in [0.2, 0.25) is 0 Å². The van der Waals surface area contributed by atoms with E-state index < -0.39 is 11.9 Å². The highest BCUT2D eigenvalue weighted by atomic mass is 19.4. The lowest BCUT2D eigenvalue weighted by molar-refractivity contribution is -0.140. The number of hydrogen-bond acceptors (Lipinski definition) is 6. The van der Waals surface area contributed by atoms with Gasteiger partial charge in [-0.15, -0.1) is 0 Å². The molecule has 0 radical (unpaired) electrons. The summed E-state index contributed by atoms with van der Waals surface area (Å²) in [4.78, 5) is 17.8. The van der Waals surface area contributed by atoms with Crippen molar-refractivity contribution in [1.82, 2.24) is 19.5 Å². The highest BCUT2D eigenvalue weighted by molar-refractivity contribution is 5.80. The molecule has 0 spiro atoms. The molecule has 2 saturated carbocycles. The van der Waals surface area contributed by atoms with E-state index in [1.807, 2.05) is 6.92 Å². The maximum absolute atomic E-state index is 13.0. The molecule has 0 bridgehead atoms. The molecule has 7 nitrogen and oxygen atoms in total. The van der Waals surface area contributed by atoms with Crippen LogP contribution in [-0.4, -0.2) is 32.8 Å². The Labute approximate surface area is 225 Å². The Hall–Kier alpha value is -3.95. The molecule has 0 saturated heterocycles. The molecule has 2 aliphatic rings. The van der Waals surface area contributed by atoms with E-state index in [1.165, 1.54) is 18.7 Å². The van der Waals surface area contributed by atoms with Crippen molar-refractivity contribution in [2.75, 3.05) is 7.11 Å². The number of aliphatic imine (C=N–C) groups is 1. The average molecular weight is 538 g/mol. The molecule has 10 heteroatoms. The summed E-state index contributed by atoms with van der Waals surface area (Å²) in [7, 11) is 3.06. The number of aromatic nitrogens is 4. The molecular formula is C29H30F3N5O2. The van der Waals surface area contributed by atoms with Crippen LogP contribution in [-0.2, 0) is 19.8 Å². The summed E-state index contributed by atoms with van der Waals surface area (Å²) >= 11 is 0. The van der Waals surface area contributed by atoms with Crippen LogP contribution in [0.15, 0.2) is 59.5 Å². The third-order valence-electron chi connectivity index (χ3n) is 6.80. The summed E-state index contributed by atoms with van der Waals surface area (Å²) in [5.74, 6) is 2.23. The summed E-state index contributed by atoms with van der Waals surface area (Å²) in [6, 6.07) is 7.00. The Bertz CT molecular complexity index is 1430.